The molecule has 0 amide bonds. The average Bonchev–Trinajstić information content (AvgIpc) is 2.30. The van der Waals surface area contributed by atoms with E-state index in [2.05, 4.69) is 5.32 Å². The number of hydrogen-bond donors (Lipinski definition) is 3. The predicted molar refractivity (Wildman–Crippen MR) is 62.6 cm³/mol. The molecule has 0 heterocycles. The van der Waals surface area contributed by atoms with E-state index in [1.165, 1.54) is 6.07 Å². The topological polar surface area (TPSA) is 95.6 Å². The number of aliphatic hydroxyl groups is 2. The molecule has 0 aliphatic rings. The molecule has 0 aromatic heterocycles. The van der Waals surface area contributed by atoms with Crippen molar-refractivity contribution in [3.63, 3.8) is 0 Å². The van der Waals surface area contributed by atoms with E-state index in [1.54, 1.807) is 19.1 Å². The van der Waals surface area contributed by atoms with Gasteiger partial charge in [0.15, 0.2) is 0 Å². The van der Waals surface area contributed by atoms with E-state index in [-0.39, 0.29) is 18.8 Å². The van der Waals surface area contributed by atoms with E-state index >= 15 is 0 Å². The van der Waals surface area contributed by atoms with E-state index < -0.39 is 11.0 Å². The molecule has 0 fully saturated rings. The lowest BCUT2D eigenvalue weighted by molar-refractivity contribution is -0.385. The van der Waals surface area contributed by atoms with Gasteiger partial charge in [0.05, 0.1) is 17.6 Å². The second-order valence-corrected chi connectivity index (χ2v) is 3.85. The molecule has 1 rings (SSSR count). The predicted octanol–water partition coefficient (Wildman–Crippen LogP) is 0.346. The molecule has 1 atom stereocenters. The zero-order valence-electron chi connectivity index (χ0n) is 9.59. The van der Waals surface area contributed by atoms with Crippen LogP contribution < -0.4 is 5.32 Å². The average molecular weight is 240 g/mol. The highest BCUT2D eigenvalue weighted by molar-refractivity contribution is 5.42. The molecule has 1 unspecified atom stereocenters. The van der Waals surface area contributed by atoms with Gasteiger partial charge in [-0.1, -0.05) is 12.1 Å². The van der Waals surface area contributed by atoms with Gasteiger partial charge in [0.2, 0.25) is 0 Å². The fourth-order valence-electron chi connectivity index (χ4n) is 1.41. The molecule has 0 spiro atoms. The first-order chi connectivity index (χ1) is 8.04. The minimum absolute atomic E-state index is 0.0898. The number of benzene rings is 1. The van der Waals surface area contributed by atoms with Crippen molar-refractivity contribution in [2.45, 2.75) is 19.6 Å². The molecule has 0 bridgehead atoms. The lowest BCUT2D eigenvalue weighted by Crippen LogP contribution is -2.28. The number of nitrogens with zero attached hydrogens (tertiary/aromatic N) is 1. The van der Waals surface area contributed by atoms with Gasteiger partial charge in [-0.2, -0.15) is 0 Å². The summed E-state index contributed by atoms with van der Waals surface area (Å²) in [6.07, 6.45) is -0.810. The monoisotopic (exact) mass is 240 g/mol. The second kappa shape index (κ2) is 6.29. The van der Waals surface area contributed by atoms with Crippen LogP contribution in [0.5, 0.6) is 0 Å². The molecule has 1 aromatic rings. The zero-order chi connectivity index (χ0) is 12.8. The highest BCUT2D eigenvalue weighted by atomic mass is 16.6. The van der Waals surface area contributed by atoms with Crippen LogP contribution in [0.25, 0.3) is 0 Å². The summed E-state index contributed by atoms with van der Waals surface area (Å²) in [5.74, 6) is 0. The molecular weight excluding hydrogens is 224 g/mol. The first kappa shape index (κ1) is 13.6. The Bertz CT molecular complexity index is 395. The quantitative estimate of drug-likeness (QED) is 0.492. The Balaban J connectivity index is 2.60. The van der Waals surface area contributed by atoms with Gasteiger partial charge in [0.25, 0.3) is 5.69 Å². The maximum atomic E-state index is 10.7. The highest BCUT2D eigenvalue weighted by Gasteiger charge is 2.10. The lowest BCUT2D eigenvalue weighted by atomic mass is 10.1. The minimum Gasteiger partial charge on any atom is -0.394 e. The number of nitro groups is 1. The minimum atomic E-state index is -0.810. The van der Waals surface area contributed by atoms with Crippen LogP contribution in [-0.4, -0.2) is 34.4 Å². The Morgan fingerprint density at radius 2 is 2.24 bits per heavy atom. The molecule has 0 aliphatic carbocycles. The number of aryl methyl sites for hydroxylation is 1. The molecule has 6 heteroatoms. The maximum absolute atomic E-state index is 10.7. The van der Waals surface area contributed by atoms with E-state index in [4.69, 9.17) is 10.2 Å². The van der Waals surface area contributed by atoms with Crippen LogP contribution in [0.3, 0.4) is 0 Å². The Morgan fingerprint density at radius 1 is 1.53 bits per heavy atom. The summed E-state index contributed by atoms with van der Waals surface area (Å²) in [4.78, 5) is 10.3. The number of nitro benzene ring substituents is 1. The summed E-state index contributed by atoms with van der Waals surface area (Å²) in [5, 5.41) is 31.3. The van der Waals surface area contributed by atoms with Crippen molar-refractivity contribution < 1.29 is 15.1 Å². The van der Waals surface area contributed by atoms with Gasteiger partial charge in [-0.3, -0.25) is 10.1 Å². The van der Waals surface area contributed by atoms with Gasteiger partial charge >= 0.3 is 0 Å². The first-order valence-corrected chi connectivity index (χ1v) is 5.28. The van der Waals surface area contributed by atoms with Crippen LogP contribution in [0.2, 0.25) is 0 Å². The van der Waals surface area contributed by atoms with Gasteiger partial charge in [0, 0.05) is 24.7 Å². The Morgan fingerprint density at radius 3 is 2.82 bits per heavy atom. The SMILES string of the molecule is Cc1ccc(CNCC(O)CO)cc1[N+](=O)[O-]. The number of hydrogen-bond acceptors (Lipinski definition) is 5. The summed E-state index contributed by atoms with van der Waals surface area (Å²) >= 11 is 0. The number of aliphatic hydroxyl groups excluding tert-OH is 2. The molecule has 17 heavy (non-hydrogen) atoms. The Labute approximate surface area is 99.0 Å². The fraction of sp³-hybridized carbons (Fsp3) is 0.455. The Hall–Kier alpha value is -1.50. The molecule has 0 saturated heterocycles. The Kier molecular flexibility index (Phi) is 5.02. The largest absolute Gasteiger partial charge is 0.394 e. The van der Waals surface area contributed by atoms with E-state index in [1.807, 2.05) is 0 Å². The fourth-order valence-corrected chi connectivity index (χ4v) is 1.41. The van der Waals surface area contributed by atoms with Crippen LogP contribution in [-0.2, 0) is 6.54 Å². The van der Waals surface area contributed by atoms with Crippen LogP contribution in [0.4, 0.5) is 5.69 Å². The smallest absolute Gasteiger partial charge is 0.272 e. The first-order valence-electron chi connectivity index (χ1n) is 5.28. The van der Waals surface area contributed by atoms with Crippen molar-refractivity contribution >= 4 is 5.69 Å². The van der Waals surface area contributed by atoms with Crippen LogP contribution in [0.1, 0.15) is 11.1 Å². The summed E-state index contributed by atoms with van der Waals surface area (Å²) < 4.78 is 0. The van der Waals surface area contributed by atoms with Crippen molar-refractivity contribution in [1.82, 2.24) is 5.32 Å². The third kappa shape index (κ3) is 4.10. The van der Waals surface area contributed by atoms with Crippen LogP contribution in [0.15, 0.2) is 18.2 Å². The van der Waals surface area contributed by atoms with Crippen molar-refractivity contribution in [1.29, 1.82) is 0 Å². The maximum Gasteiger partial charge on any atom is 0.272 e. The second-order valence-electron chi connectivity index (χ2n) is 3.85. The van der Waals surface area contributed by atoms with Gasteiger partial charge in [-0.25, -0.2) is 0 Å². The molecule has 0 saturated carbocycles. The van der Waals surface area contributed by atoms with Crippen molar-refractivity contribution in [3.8, 4) is 0 Å². The van der Waals surface area contributed by atoms with Crippen molar-refractivity contribution in [2.24, 2.45) is 0 Å². The van der Waals surface area contributed by atoms with Gasteiger partial charge in [-0.15, -0.1) is 0 Å². The van der Waals surface area contributed by atoms with Crippen molar-refractivity contribution in [3.05, 3.63) is 39.4 Å². The molecule has 3 N–H and O–H groups in total. The van der Waals surface area contributed by atoms with Gasteiger partial charge in [0.1, 0.15) is 0 Å². The molecule has 6 nitrogen and oxygen atoms in total. The summed E-state index contributed by atoms with van der Waals surface area (Å²) in [6, 6.07) is 4.99. The summed E-state index contributed by atoms with van der Waals surface area (Å²) in [7, 11) is 0. The third-order valence-electron chi connectivity index (χ3n) is 2.39. The molecule has 1 aromatic carbocycles. The normalized spacial score (nSPS) is 12.4. The summed E-state index contributed by atoms with van der Waals surface area (Å²) in [6.45, 7) is 2.04. The van der Waals surface area contributed by atoms with Crippen LogP contribution in [0, 0.1) is 17.0 Å². The van der Waals surface area contributed by atoms with Crippen LogP contribution >= 0.6 is 0 Å². The van der Waals surface area contributed by atoms with Gasteiger partial charge < -0.3 is 15.5 Å². The molecule has 94 valence electrons. The van der Waals surface area contributed by atoms with Gasteiger partial charge in [-0.05, 0) is 12.5 Å². The van der Waals surface area contributed by atoms with E-state index in [0.29, 0.717) is 12.1 Å². The molecule has 0 aliphatic heterocycles. The van der Waals surface area contributed by atoms with Crippen molar-refractivity contribution in [2.75, 3.05) is 13.2 Å². The molecular formula is C11H16N2O4. The van der Waals surface area contributed by atoms with E-state index in [9.17, 15) is 10.1 Å². The third-order valence-corrected chi connectivity index (χ3v) is 2.39. The lowest BCUT2D eigenvalue weighted by Gasteiger charge is -2.09. The highest BCUT2D eigenvalue weighted by Crippen LogP contribution is 2.18. The number of nitrogens with one attached hydrogen (secondary N) is 1. The zero-order valence-corrected chi connectivity index (χ0v) is 9.59. The summed E-state index contributed by atoms with van der Waals surface area (Å²) in [5.41, 5.74) is 1.48. The molecule has 0 radical (unpaired) electrons. The number of rotatable bonds is 6. The standard InChI is InChI=1S/C11H16N2O4/c1-8-2-3-9(4-11(8)13(16)17)5-12-6-10(15)7-14/h2-4,10,12,14-15H,5-7H2,1H3. The van der Waals surface area contributed by atoms with E-state index in [0.717, 1.165) is 5.56 Å².